The van der Waals surface area contributed by atoms with E-state index in [1.807, 2.05) is 29.2 Å². The van der Waals surface area contributed by atoms with Crippen molar-refractivity contribution >= 4 is 11.6 Å². The highest BCUT2D eigenvalue weighted by molar-refractivity contribution is 5.93. The van der Waals surface area contributed by atoms with Gasteiger partial charge in [-0.3, -0.25) is 9.69 Å². The van der Waals surface area contributed by atoms with E-state index in [9.17, 15) is 9.90 Å². The van der Waals surface area contributed by atoms with E-state index in [1.54, 1.807) is 7.11 Å². The molecule has 2 N–H and O–H groups in total. The lowest BCUT2D eigenvalue weighted by Gasteiger charge is -2.24. The number of rotatable bonds is 5. The minimum Gasteiger partial charge on any atom is -0.495 e. The zero-order chi connectivity index (χ0) is 14.5. The van der Waals surface area contributed by atoms with Crippen LogP contribution in [0.2, 0.25) is 0 Å². The van der Waals surface area contributed by atoms with Gasteiger partial charge in [-0.15, -0.1) is 0 Å². The number of amides is 1. The fourth-order valence-corrected chi connectivity index (χ4v) is 2.70. The second-order valence-corrected chi connectivity index (χ2v) is 5.23. The Morgan fingerprint density at radius 3 is 2.95 bits per heavy atom. The van der Waals surface area contributed by atoms with E-state index >= 15 is 0 Å². The Hall–Kier alpha value is -1.59. The lowest BCUT2D eigenvalue weighted by molar-refractivity contribution is -0.117. The van der Waals surface area contributed by atoms with Crippen molar-refractivity contribution in [3.8, 4) is 5.75 Å². The van der Waals surface area contributed by atoms with Crippen molar-refractivity contribution in [3.63, 3.8) is 0 Å². The number of nitrogens with one attached hydrogen (secondary N) is 1. The number of aliphatic hydroxyl groups is 1. The molecule has 0 spiro atoms. The van der Waals surface area contributed by atoms with Gasteiger partial charge in [0, 0.05) is 6.04 Å². The van der Waals surface area contributed by atoms with Crippen LogP contribution in [0.3, 0.4) is 0 Å². The van der Waals surface area contributed by atoms with Crippen molar-refractivity contribution in [2.24, 2.45) is 5.92 Å². The highest BCUT2D eigenvalue weighted by Gasteiger charge is 2.31. The highest BCUT2D eigenvalue weighted by atomic mass is 16.5. The van der Waals surface area contributed by atoms with Crippen molar-refractivity contribution < 1.29 is 14.6 Å². The van der Waals surface area contributed by atoms with Gasteiger partial charge >= 0.3 is 0 Å². The minimum absolute atomic E-state index is 0.0814. The van der Waals surface area contributed by atoms with Gasteiger partial charge in [0.25, 0.3) is 0 Å². The summed E-state index contributed by atoms with van der Waals surface area (Å²) in [6.07, 6.45) is 1.02. The Kier molecular flexibility index (Phi) is 4.98. The molecule has 0 bridgehead atoms. The monoisotopic (exact) mass is 278 g/mol. The van der Waals surface area contributed by atoms with Crippen LogP contribution in [-0.2, 0) is 4.79 Å². The molecule has 1 aliphatic heterocycles. The maximum Gasteiger partial charge on any atom is 0.238 e. The van der Waals surface area contributed by atoms with Crippen molar-refractivity contribution in [2.75, 3.05) is 32.1 Å². The van der Waals surface area contributed by atoms with Gasteiger partial charge in [-0.05, 0) is 31.0 Å². The molecule has 1 fully saturated rings. The molecule has 2 unspecified atom stereocenters. The maximum absolute atomic E-state index is 12.1. The molecule has 2 rings (SSSR count). The van der Waals surface area contributed by atoms with Crippen molar-refractivity contribution in [2.45, 2.75) is 19.4 Å². The summed E-state index contributed by atoms with van der Waals surface area (Å²) in [6, 6.07) is 7.42. The molecular weight excluding hydrogens is 256 g/mol. The Bertz CT molecular complexity index is 464. The predicted octanol–water partition coefficient (Wildman–Crippen LogP) is 1.34. The van der Waals surface area contributed by atoms with Gasteiger partial charge in [-0.25, -0.2) is 0 Å². The average molecular weight is 278 g/mol. The first-order valence-corrected chi connectivity index (χ1v) is 6.93. The lowest BCUT2D eigenvalue weighted by Crippen LogP contribution is -2.40. The van der Waals surface area contributed by atoms with Crippen LogP contribution in [0.1, 0.15) is 13.3 Å². The fourth-order valence-electron chi connectivity index (χ4n) is 2.70. The lowest BCUT2D eigenvalue weighted by atomic mass is 10.0. The number of anilines is 1. The number of hydrogen-bond donors (Lipinski definition) is 2. The van der Waals surface area contributed by atoms with E-state index in [0.717, 1.165) is 13.0 Å². The second kappa shape index (κ2) is 6.72. The molecule has 1 amide bonds. The number of ether oxygens (including phenoxy) is 1. The van der Waals surface area contributed by atoms with Gasteiger partial charge < -0.3 is 15.2 Å². The molecule has 1 aromatic carbocycles. The van der Waals surface area contributed by atoms with Gasteiger partial charge in [0.1, 0.15) is 5.75 Å². The third kappa shape index (κ3) is 3.29. The van der Waals surface area contributed by atoms with E-state index in [4.69, 9.17) is 4.74 Å². The third-order valence-corrected chi connectivity index (χ3v) is 3.91. The summed E-state index contributed by atoms with van der Waals surface area (Å²) in [5, 5.41) is 12.3. The van der Waals surface area contributed by atoms with Crippen LogP contribution in [0.5, 0.6) is 5.75 Å². The first-order chi connectivity index (χ1) is 9.65. The first-order valence-electron chi connectivity index (χ1n) is 6.93. The molecule has 1 aromatic rings. The van der Waals surface area contributed by atoms with Crippen LogP contribution in [0, 0.1) is 5.92 Å². The number of benzene rings is 1. The number of nitrogens with zero attached hydrogens (tertiary/aromatic N) is 1. The molecule has 5 nitrogen and oxygen atoms in total. The Balaban J connectivity index is 1.96. The molecule has 0 radical (unpaired) electrons. The highest BCUT2D eigenvalue weighted by Crippen LogP contribution is 2.25. The van der Waals surface area contributed by atoms with Crippen LogP contribution in [-0.4, -0.2) is 48.8 Å². The molecule has 2 atom stereocenters. The Morgan fingerprint density at radius 2 is 2.25 bits per heavy atom. The van der Waals surface area contributed by atoms with E-state index in [2.05, 4.69) is 12.2 Å². The van der Waals surface area contributed by atoms with E-state index in [1.165, 1.54) is 0 Å². The second-order valence-electron chi connectivity index (χ2n) is 5.23. The van der Waals surface area contributed by atoms with Crippen LogP contribution in [0.4, 0.5) is 5.69 Å². The summed E-state index contributed by atoms with van der Waals surface area (Å²) in [6.45, 7) is 3.36. The normalized spacial score (nSPS) is 22.8. The molecule has 1 heterocycles. The summed E-state index contributed by atoms with van der Waals surface area (Å²) in [5.41, 5.74) is 0.674. The number of carbonyl (C=O) groups is 1. The largest absolute Gasteiger partial charge is 0.495 e. The molecule has 5 heteroatoms. The Morgan fingerprint density at radius 1 is 1.50 bits per heavy atom. The van der Waals surface area contributed by atoms with E-state index in [-0.39, 0.29) is 18.6 Å². The number of methoxy groups -OCH3 is 1. The molecule has 20 heavy (non-hydrogen) atoms. The molecular formula is C15H22N2O3. The predicted molar refractivity (Wildman–Crippen MR) is 77.9 cm³/mol. The fraction of sp³-hybridized carbons (Fsp3) is 0.533. The minimum atomic E-state index is -0.0814. The SMILES string of the molecule is COc1ccccc1NC(=O)CN1CCC(C)C1CO. The van der Waals surface area contributed by atoms with Gasteiger partial charge in [0.15, 0.2) is 0 Å². The number of carbonyl (C=O) groups excluding carboxylic acids is 1. The molecule has 1 aliphatic rings. The summed E-state index contributed by atoms with van der Waals surface area (Å²) < 4.78 is 5.21. The summed E-state index contributed by atoms with van der Waals surface area (Å²) in [5.74, 6) is 0.996. The molecule has 0 aromatic heterocycles. The quantitative estimate of drug-likeness (QED) is 0.853. The standard InChI is InChI=1S/C15H22N2O3/c1-11-7-8-17(13(11)10-18)9-15(19)16-12-5-3-4-6-14(12)20-2/h3-6,11,13,18H,7-10H2,1-2H3,(H,16,19). The van der Waals surface area contributed by atoms with Crippen LogP contribution in [0.25, 0.3) is 0 Å². The van der Waals surface area contributed by atoms with E-state index in [0.29, 0.717) is 23.9 Å². The third-order valence-electron chi connectivity index (χ3n) is 3.91. The molecule has 0 aliphatic carbocycles. The zero-order valence-corrected chi connectivity index (χ0v) is 12.0. The number of para-hydroxylation sites is 2. The summed E-state index contributed by atoms with van der Waals surface area (Å²) in [4.78, 5) is 14.2. The zero-order valence-electron chi connectivity index (χ0n) is 12.0. The molecule has 110 valence electrons. The summed E-state index contributed by atoms with van der Waals surface area (Å²) in [7, 11) is 1.58. The van der Waals surface area contributed by atoms with Crippen molar-refractivity contribution in [1.29, 1.82) is 0 Å². The van der Waals surface area contributed by atoms with Gasteiger partial charge in [0.2, 0.25) is 5.91 Å². The smallest absolute Gasteiger partial charge is 0.238 e. The van der Waals surface area contributed by atoms with Crippen molar-refractivity contribution in [3.05, 3.63) is 24.3 Å². The van der Waals surface area contributed by atoms with Gasteiger partial charge in [-0.2, -0.15) is 0 Å². The van der Waals surface area contributed by atoms with Crippen LogP contribution < -0.4 is 10.1 Å². The van der Waals surface area contributed by atoms with Gasteiger partial charge in [-0.1, -0.05) is 19.1 Å². The van der Waals surface area contributed by atoms with Crippen molar-refractivity contribution in [1.82, 2.24) is 4.90 Å². The summed E-state index contributed by atoms with van der Waals surface area (Å²) >= 11 is 0. The maximum atomic E-state index is 12.1. The van der Waals surface area contributed by atoms with Crippen LogP contribution in [0.15, 0.2) is 24.3 Å². The van der Waals surface area contributed by atoms with Gasteiger partial charge in [0.05, 0.1) is 25.9 Å². The number of aliphatic hydroxyl groups excluding tert-OH is 1. The first kappa shape index (κ1) is 14.8. The Labute approximate surface area is 119 Å². The molecule has 0 saturated carbocycles. The topological polar surface area (TPSA) is 61.8 Å². The average Bonchev–Trinajstić information content (AvgIpc) is 2.79. The number of likely N-dealkylation sites (tertiary alicyclic amines) is 1. The van der Waals surface area contributed by atoms with E-state index < -0.39 is 0 Å². The number of hydrogen-bond acceptors (Lipinski definition) is 4. The van der Waals surface area contributed by atoms with Crippen LogP contribution >= 0.6 is 0 Å². The molecule has 1 saturated heterocycles.